The van der Waals surface area contributed by atoms with Crippen molar-refractivity contribution in [3.8, 4) is 34.1 Å². The van der Waals surface area contributed by atoms with Gasteiger partial charge in [-0.05, 0) is 85.9 Å². The predicted octanol–water partition coefficient (Wildman–Crippen LogP) is 7.88. The SMILES string of the molecule is CCn1nccc1-c1ccc([C@H](CO)NC(=O)[C@@H]2C[C@@H](O)CN2C(=O)[C@H](C(C)C)n2cc3c(n2)c(=O)[nH]c2cc(COc4c(-c5c(C)c(F)cc6[nH]ncc56)c(C5CC5)cc5c(N6C[C@@H]7C[C@H]6CN7)nc(OC6CCOCC6)nc45)ccc23)c2ncsc12. The summed E-state index contributed by atoms with van der Waals surface area (Å²) in [5.74, 6) is -0.335. The first kappa shape index (κ1) is 56.1. The number of rotatable bonds is 17. The van der Waals surface area contributed by atoms with Gasteiger partial charge in [-0.3, -0.25) is 28.8 Å². The monoisotopic (exact) mass is 1210 g/mol. The maximum absolute atomic E-state index is 16.3. The number of halogens is 1. The smallest absolute Gasteiger partial charge is 0.319 e. The number of carbonyl (C=O) groups excluding carboxylic acids is 2. The van der Waals surface area contributed by atoms with Crippen LogP contribution >= 0.6 is 11.3 Å². The van der Waals surface area contributed by atoms with Gasteiger partial charge in [-0.15, -0.1) is 11.3 Å². The van der Waals surface area contributed by atoms with Gasteiger partial charge in [-0.2, -0.15) is 25.3 Å². The van der Waals surface area contributed by atoms with Crippen LogP contribution in [0.1, 0.15) is 99.6 Å². The van der Waals surface area contributed by atoms with Crippen molar-refractivity contribution in [2.24, 2.45) is 5.92 Å². The molecule has 4 aromatic carbocycles. The van der Waals surface area contributed by atoms with Crippen molar-refractivity contribution in [3.05, 3.63) is 111 Å². The van der Waals surface area contributed by atoms with Gasteiger partial charge in [-0.25, -0.2) is 9.37 Å². The molecule has 6 aromatic heterocycles. The molecule has 4 saturated heterocycles. The van der Waals surface area contributed by atoms with E-state index >= 15 is 9.18 Å². The molecule has 4 aliphatic heterocycles. The number of ether oxygens (including phenoxy) is 3. The molecule has 0 unspecified atom stereocenters. The Balaban J connectivity index is 0.758. The predicted molar refractivity (Wildman–Crippen MR) is 330 cm³/mol. The van der Waals surface area contributed by atoms with Crippen molar-refractivity contribution in [3.63, 3.8) is 0 Å². The molecule has 24 heteroatoms. The number of thiazole rings is 1. The van der Waals surface area contributed by atoms with Gasteiger partial charge in [-0.1, -0.05) is 38.1 Å². The van der Waals surface area contributed by atoms with Crippen LogP contribution in [0.3, 0.4) is 0 Å². The van der Waals surface area contributed by atoms with E-state index in [0.717, 1.165) is 81.6 Å². The van der Waals surface area contributed by atoms with Crippen LogP contribution in [0, 0.1) is 18.7 Å². The summed E-state index contributed by atoms with van der Waals surface area (Å²) >= 11 is 1.45. The summed E-state index contributed by atoms with van der Waals surface area (Å²) in [6.07, 6.45) is 8.28. The van der Waals surface area contributed by atoms with E-state index in [9.17, 15) is 19.8 Å². The number of aryl methyl sites for hydroxylation is 1. The summed E-state index contributed by atoms with van der Waals surface area (Å²) in [6, 6.07) is 13.0. The van der Waals surface area contributed by atoms with Gasteiger partial charge in [0.1, 0.15) is 41.9 Å². The second-order valence-electron chi connectivity index (χ2n) is 24.5. The fourth-order valence-electron chi connectivity index (χ4n) is 14.0. The molecule has 2 amide bonds. The van der Waals surface area contributed by atoms with Crippen LogP contribution in [0.4, 0.5) is 10.2 Å². The quantitative estimate of drug-likeness (QED) is 0.0506. The number of pyridine rings is 1. The molecule has 0 spiro atoms. The van der Waals surface area contributed by atoms with Gasteiger partial charge >= 0.3 is 6.01 Å². The van der Waals surface area contributed by atoms with E-state index in [1.165, 1.54) is 27.0 Å². The number of amides is 2. The van der Waals surface area contributed by atoms with Crippen molar-refractivity contribution in [1.82, 2.24) is 65.2 Å². The summed E-state index contributed by atoms with van der Waals surface area (Å²) in [7, 11) is 0. The summed E-state index contributed by atoms with van der Waals surface area (Å²) in [5, 5.41) is 47.9. The molecule has 88 heavy (non-hydrogen) atoms. The minimum Gasteiger partial charge on any atom is -0.486 e. The Bertz CT molecular complexity index is 4470. The van der Waals surface area contributed by atoms with Crippen molar-refractivity contribution in [1.29, 1.82) is 0 Å². The molecule has 1 aliphatic carbocycles. The first-order valence-electron chi connectivity index (χ1n) is 30.5. The number of aromatic nitrogens is 10. The molecule has 6 N–H and O–H groups in total. The molecule has 10 aromatic rings. The molecule has 454 valence electrons. The number of aliphatic hydroxyl groups is 2. The average molecular weight is 1210 g/mol. The Morgan fingerprint density at radius 3 is 2.58 bits per heavy atom. The molecule has 1 saturated carbocycles. The lowest BCUT2D eigenvalue weighted by Crippen LogP contribution is -2.50. The maximum atomic E-state index is 16.3. The third kappa shape index (κ3) is 9.70. The molecule has 5 fully saturated rings. The highest BCUT2D eigenvalue weighted by Crippen LogP contribution is 2.54. The number of anilines is 1. The Labute approximate surface area is 507 Å². The first-order valence-corrected chi connectivity index (χ1v) is 31.4. The third-order valence-corrected chi connectivity index (χ3v) is 19.4. The zero-order valence-corrected chi connectivity index (χ0v) is 49.9. The van der Waals surface area contributed by atoms with E-state index in [0.29, 0.717) is 93.9 Å². The van der Waals surface area contributed by atoms with Crippen molar-refractivity contribution in [2.75, 3.05) is 44.4 Å². The number of aromatic amines is 2. The molecule has 22 nitrogen and oxygen atoms in total. The average Bonchev–Trinajstić information content (AvgIpc) is 1.43. The maximum Gasteiger partial charge on any atom is 0.319 e. The summed E-state index contributed by atoms with van der Waals surface area (Å²) in [4.78, 5) is 65.6. The molecular formula is C64H67FN14O8S. The Morgan fingerprint density at radius 2 is 1.81 bits per heavy atom. The van der Waals surface area contributed by atoms with E-state index in [2.05, 4.69) is 46.9 Å². The van der Waals surface area contributed by atoms with Gasteiger partial charge in [0, 0.05) is 119 Å². The van der Waals surface area contributed by atoms with Gasteiger partial charge in [0.15, 0.2) is 11.3 Å². The van der Waals surface area contributed by atoms with E-state index < -0.39 is 48.2 Å². The molecule has 6 atom stereocenters. The lowest BCUT2D eigenvalue weighted by atomic mass is 9.88. The number of fused-ring (bicyclic) bond motifs is 8. The summed E-state index contributed by atoms with van der Waals surface area (Å²) in [6.45, 7) is 10.4. The Morgan fingerprint density at radius 1 is 0.955 bits per heavy atom. The van der Waals surface area contributed by atoms with Crippen molar-refractivity contribution < 1.29 is 38.4 Å². The topological polar surface area (TPSA) is 269 Å². The highest BCUT2D eigenvalue weighted by molar-refractivity contribution is 7.17. The van der Waals surface area contributed by atoms with Gasteiger partial charge < -0.3 is 49.8 Å². The number of nitrogens with one attached hydrogen (secondary N) is 4. The highest BCUT2D eigenvalue weighted by atomic mass is 32.1. The number of carbonyl (C=O) groups is 2. The number of benzene rings is 4. The number of piperazine rings is 1. The molecule has 15 rings (SSSR count). The molecule has 5 aliphatic rings. The van der Waals surface area contributed by atoms with E-state index in [1.807, 2.05) is 61.9 Å². The second-order valence-corrected chi connectivity index (χ2v) is 25.4. The zero-order valence-electron chi connectivity index (χ0n) is 49.1. The number of nitrogens with zero attached hydrogens (tertiary/aromatic N) is 10. The lowest BCUT2D eigenvalue weighted by Gasteiger charge is -2.31. The van der Waals surface area contributed by atoms with Crippen LogP contribution in [-0.2, 0) is 27.5 Å². The van der Waals surface area contributed by atoms with E-state index in [1.54, 1.807) is 31.0 Å². The van der Waals surface area contributed by atoms with Gasteiger partial charge in [0.25, 0.3) is 5.56 Å². The minimum absolute atomic E-state index is 0.0231. The summed E-state index contributed by atoms with van der Waals surface area (Å²) in [5.41, 5.74) is 9.67. The summed E-state index contributed by atoms with van der Waals surface area (Å²) < 4.78 is 40.1. The lowest BCUT2D eigenvalue weighted by molar-refractivity contribution is -0.142. The number of aliphatic hydroxyl groups excluding tert-OH is 2. The van der Waals surface area contributed by atoms with Crippen molar-refractivity contribution in [2.45, 2.75) is 128 Å². The van der Waals surface area contributed by atoms with Gasteiger partial charge in [0.2, 0.25) is 11.8 Å². The van der Waals surface area contributed by atoms with Crippen LogP contribution in [0.15, 0.2) is 77.4 Å². The van der Waals surface area contributed by atoms with Crippen LogP contribution in [0.5, 0.6) is 11.8 Å². The Kier molecular flexibility index (Phi) is 14.2. The fourth-order valence-corrected chi connectivity index (χ4v) is 14.9. The van der Waals surface area contributed by atoms with Gasteiger partial charge in [0.05, 0.1) is 65.1 Å². The molecule has 0 radical (unpaired) electrons. The number of likely N-dealkylation sites (tertiary alicyclic amines) is 1. The number of hydrogen-bond donors (Lipinski definition) is 6. The highest BCUT2D eigenvalue weighted by Gasteiger charge is 2.44. The second kappa shape index (κ2) is 22.3. The third-order valence-electron chi connectivity index (χ3n) is 18.6. The first-order chi connectivity index (χ1) is 42.8. The van der Waals surface area contributed by atoms with Crippen LogP contribution < -0.4 is 30.6 Å². The molecular weight excluding hydrogens is 1140 g/mol. The van der Waals surface area contributed by atoms with Crippen LogP contribution in [0.25, 0.3) is 76.2 Å². The van der Waals surface area contributed by atoms with Crippen LogP contribution in [0.2, 0.25) is 0 Å². The normalized spacial score (nSPS) is 20.5. The largest absolute Gasteiger partial charge is 0.486 e. The Hall–Kier alpha value is -8.42. The van der Waals surface area contributed by atoms with Crippen LogP contribution in [-0.4, -0.2) is 146 Å². The van der Waals surface area contributed by atoms with Crippen molar-refractivity contribution >= 4 is 82.8 Å². The zero-order chi connectivity index (χ0) is 60.2. The van der Waals surface area contributed by atoms with E-state index in [-0.39, 0.29) is 60.9 Å². The number of hydrogen-bond acceptors (Lipinski definition) is 17. The number of H-pyrrole nitrogens is 2. The molecule has 2 bridgehead atoms. The minimum atomic E-state index is -1.08. The fraction of sp³-hybridized carbons (Fsp3) is 0.422. The molecule has 10 heterocycles. The van der Waals surface area contributed by atoms with E-state index in [4.69, 9.17) is 29.3 Å². The standard InChI is InChI=1S/C64H67FN14O8S/c1-5-78-50(12-15-69-78)41-11-10-40(55-59(41)88-30-67-55)49(28-80)71-61(82)51-20-37(81)26-77(51)63(84)57(31(2)3)79-27-45-39-9-6-33(18-47(39)70-62(83)56(45)75-79)29-86-58-53(52-32(4)46(65)22-48-44(52)24-68-74-48)42(34-7-8-34)21-43-54(58)72-64(87-38-13-16-85-17-14-38)73-60(43)76-25-35-19-36(76)23-66-35/h6,9-12,15,18,21-22,24,27,30-31,34-38,49,51,57,66,80-81H,5,7-8,13-14,16-17,19-20,23,25-26,28-29H2,1-4H3,(H,68,74)(H,70,83)(H,71,82)/t35-,36-,37+,49-,51-,57-/m0/s1. The number of β-amino-alcohol motifs (C(OH)–C–C–N with tert-alkyl or cyclic N) is 1.